The number of nitrogens with two attached hydrogens (primary N) is 1. The summed E-state index contributed by atoms with van der Waals surface area (Å²) in [4.78, 5) is 0. The number of halogens is 1. The highest BCUT2D eigenvalue weighted by atomic mass is 35.5. The molecule has 20 heavy (non-hydrogen) atoms. The van der Waals surface area contributed by atoms with Crippen molar-refractivity contribution < 1.29 is 4.74 Å². The predicted octanol–water partition coefficient (Wildman–Crippen LogP) is 4.71. The Labute approximate surface area is 127 Å². The first-order valence-corrected chi connectivity index (χ1v) is 6.94. The van der Waals surface area contributed by atoms with Gasteiger partial charge in [-0.05, 0) is 35.8 Å². The molecule has 2 N–H and O–H groups in total. The van der Waals surface area contributed by atoms with Crippen molar-refractivity contribution in [1.82, 2.24) is 0 Å². The molecular formula is C17H24ClNO. The van der Waals surface area contributed by atoms with Gasteiger partial charge in [0.1, 0.15) is 5.75 Å². The van der Waals surface area contributed by atoms with Crippen molar-refractivity contribution >= 4 is 23.2 Å². The Morgan fingerprint density at radius 2 is 1.65 bits per heavy atom. The molecule has 110 valence electrons. The van der Waals surface area contributed by atoms with Crippen LogP contribution in [0.3, 0.4) is 0 Å². The van der Waals surface area contributed by atoms with Crippen LogP contribution in [0.5, 0.6) is 5.75 Å². The highest BCUT2D eigenvalue weighted by Crippen LogP contribution is 2.32. The zero-order valence-corrected chi connectivity index (χ0v) is 13.2. The number of rotatable bonds is 5. The van der Waals surface area contributed by atoms with Crippen molar-refractivity contribution in [2.24, 2.45) is 11.7 Å². The lowest BCUT2D eigenvalue weighted by molar-refractivity contribution is 0.419. The quantitative estimate of drug-likeness (QED) is 0.867. The highest BCUT2D eigenvalue weighted by molar-refractivity contribution is 5.91. The van der Waals surface area contributed by atoms with Crippen LogP contribution in [0.1, 0.15) is 38.3 Å². The van der Waals surface area contributed by atoms with Crippen molar-refractivity contribution in [3.8, 4) is 5.75 Å². The second kappa shape index (κ2) is 7.51. The lowest BCUT2D eigenvalue weighted by Gasteiger charge is -2.17. The van der Waals surface area contributed by atoms with E-state index in [2.05, 4.69) is 38.1 Å². The van der Waals surface area contributed by atoms with Crippen molar-refractivity contribution in [1.29, 1.82) is 0 Å². The smallest absolute Gasteiger partial charge is 0.126 e. The minimum absolute atomic E-state index is 0. The first-order valence-electron chi connectivity index (χ1n) is 6.94. The molecule has 0 saturated heterocycles. The van der Waals surface area contributed by atoms with Crippen LogP contribution in [0.2, 0.25) is 0 Å². The minimum Gasteiger partial charge on any atom is -0.496 e. The third kappa shape index (κ3) is 3.65. The molecule has 1 atom stereocenters. The fourth-order valence-electron chi connectivity index (χ4n) is 2.46. The minimum atomic E-state index is 0. The van der Waals surface area contributed by atoms with E-state index in [9.17, 15) is 0 Å². The van der Waals surface area contributed by atoms with Gasteiger partial charge in [-0.15, -0.1) is 12.4 Å². The number of ether oxygens (including phenoxy) is 1. The Hall–Kier alpha value is -1.25. The zero-order valence-electron chi connectivity index (χ0n) is 12.4. The lowest BCUT2D eigenvalue weighted by Crippen LogP contribution is -2.11. The molecule has 2 aromatic carbocycles. The SMILES string of the molecule is COc1ccc([C@H](N)CCC(C)C)c2ccccc12.Cl. The van der Waals surface area contributed by atoms with E-state index >= 15 is 0 Å². The van der Waals surface area contributed by atoms with Gasteiger partial charge in [0.25, 0.3) is 0 Å². The largest absolute Gasteiger partial charge is 0.496 e. The fourth-order valence-corrected chi connectivity index (χ4v) is 2.46. The first kappa shape index (κ1) is 16.8. The van der Waals surface area contributed by atoms with Crippen LogP contribution >= 0.6 is 12.4 Å². The Bertz CT molecular complexity index is 554. The number of hydrogen-bond acceptors (Lipinski definition) is 2. The van der Waals surface area contributed by atoms with Gasteiger partial charge >= 0.3 is 0 Å². The normalized spacial score (nSPS) is 12.2. The predicted molar refractivity (Wildman–Crippen MR) is 88.7 cm³/mol. The summed E-state index contributed by atoms with van der Waals surface area (Å²) in [5, 5.41) is 2.35. The number of benzene rings is 2. The number of methoxy groups -OCH3 is 1. The van der Waals surface area contributed by atoms with Gasteiger partial charge in [-0.1, -0.05) is 44.2 Å². The summed E-state index contributed by atoms with van der Waals surface area (Å²) in [7, 11) is 1.71. The second-order valence-corrected chi connectivity index (χ2v) is 5.48. The lowest BCUT2D eigenvalue weighted by atomic mass is 9.94. The Morgan fingerprint density at radius 3 is 2.25 bits per heavy atom. The van der Waals surface area contributed by atoms with Crippen molar-refractivity contribution in [3.05, 3.63) is 42.0 Å². The van der Waals surface area contributed by atoms with Crippen LogP contribution in [-0.4, -0.2) is 7.11 Å². The third-order valence-corrected chi connectivity index (χ3v) is 3.59. The molecule has 0 saturated carbocycles. The summed E-state index contributed by atoms with van der Waals surface area (Å²) in [6, 6.07) is 12.5. The summed E-state index contributed by atoms with van der Waals surface area (Å²) in [5.74, 6) is 1.60. The monoisotopic (exact) mass is 293 g/mol. The zero-order chi connectivity index (χ0) is 13.8. The van der Waals surface area contributed by atoms with E-state index in [1.807, 2.05) is 12.1 Å². The number of hydrogen-bond donors (Lipinski definition) is 1. The summed E-state index contributed by atoms with van der Waals surface area (Å²) in [6.07, 6.45) is 2.18. The highest BCUT2D eigenvalue weighted by Gasteiger charge is 2.12. The van der Waals surface area contributed by atoms with Crippen LogP contribution in [0.15, 0.2) is 36.4 Å². The molecule has 2 rings (SSSR count). The van der Waals surface area contributed by atoms with E-state index in [0.29, 0.717) is 5.92 Å². The fraction of sp³-hybridized carbons (Fsp3) is 0.412. The standard InChI is InChI=1S/C17H23NO.ClH/c1-12(2)8-10-16(18)14-9-11-17(19-3)15-7-5-4-6-13(14)15;/h4-7,9,11-12,16H,8,10,18H2,1-3H3;1H/t16-;/m1./s1. The Kier molecular flexibility index (Phi) is 6.31. The number of fused-ring (bicyclic) bond motifs is 1. The van der Waals surface area contributed by atoms with Crippen LogP contribution in [-0.2, 0) is 0 Å². The van der Waals surface area contributed by atoms with E-state index in [4.69, 9.17) is 10.5 Å². The maximum atomic E-state index is 6.36. The molecule has 0 radical (unpaired) electrons. The average Bonchev–Trinajstić information content (AvgIpc) is 2.43. The van der Waals surface area contributed by atoms with Crippen molar-refractivity contribution in [3.63, 3.8) is 0 Å². The van der Waals surface area contributed by atoms with Crippen molar-refractivity contribution in [2.75, 3.05) is 7.11 Å². The molecule has 2 aromatic rings. The molecule has 0 amide bonds. The molecular weight excluding hydrogens is 270 g/mol. The van der Waals surface area contributed by atoms with Gasteiger partial charge in [-0.3, -0.25) is 0 Å². The molecule has 0 spiro atoms. The van der Waals surface area contributed by atoms with Gasteiger partial charge in [-0.25, -0.2) is 0 Å². The third-order valence-electron chi connectivity index (χ3n) is 3.59. The summed E-state index contributed by atoms with van der Waals surface area (Å²) in [6.45, 7) is 4.47. The molecule has 0 aliphatic rings. The Balaban J connectivity index is 0.00000200. The first-order chi connectivity index (χ1) is 9.13. The molecule has 2 nitrogen and oxygen atoms in total. The van der Waals surface area contributed by atoms with Crippen LogP contribution in [0, 0.1) is 5.92 Å². The van der Waals surface area contributed by atoms with E-state index in [1.165, 1.54) is 10.9 Å². The molecule has 3 heteroatoms. The van der Waals surface area contributed by atoms with E-state index in [-0.39, 0.29) is 18.4 Å². The average molecular weight is 294 g/mol. The van der Waals surface area contributed by atoms with Crippen molar-refractivity contribution in [2.45, 2.75) is 32.7 Å². The molecule has 0 unspecified atom stereocenters. The Morgan fingerprint density at radius 1 is 1.00 bits per heavy atom. The molecule has 0 aliphatic carbocycles. The summed E-state index contributed by atoms with van der Waals surface area (Å²) in [5.41, 5.74) is 7.58. The van der Waals surface area contributed by atoms with Gasteiger partial charge in [0, 0.05) is 11.4 Å². The molecule has 0 bridgehead atoms. The van der Waals surface area contributed by atoms with Gasteiger partial charge in [0.15, 0.2) is 0 Å². The molecule has 0 heterocycles. The van der Waals surface area contributed by atoms with Crippen LogP contribution in [0.25, 0.3) is 10.8 Å². The maximum absolute atomic E-state index is 6.36. The molecule has 0 aromatic heterocycles. The van der Waals surface area contributed by atoms with Gasteiger partial charge < -0.3 is 10.5 Å². The van der Waals surface area contributed by atoms with E-state index in [0.717, 1.165) is 24.0 Å². The topological polar surface area (TPSA) is 35.2 Å². The van der Waals surface area contributed by atoms with Gasteiger partial charge in [0.2, 0.25) is 0 Å². The van der Waals surface area contributed by atoms with Gasteiger partial charge in [-0.2, -0.15) is 0 Å². The van der Waals surface area contributed by atoms with E-state index in [1.54, 1.807) is 7.11 Å². The van der Waals surface area contributed by atoms with Crippen LogP contribution in [0.4, 0.5) is 0 Å². The van der Waals surface area contributed by atoms with Gasteiger partial charge in [0.05, 0.1) is 7.11 Å². The molecule has 0 fully saturated rings. The summed E-state index contributed by atoms with van der Waals surface area (Å²) >= 11 is 0. The maximum Gasteiger partial charge on any atom is 0.126 e. The van der Waals surface area contributed by atoms with Crippen LogP contribution < -0.4 is 10.5 Å². The summed E-state index contributed by atoms with van der Waals surface area (Å²) < 4.78 is 5.42. The molecule has 0 aliphatic heterocycles. The second-order valence-electron chi connectivity index (χ2n) is 5.48. The van der Waals surface area contributed by atoms with E-state index < -0.39 is 0 Å².